The number of halogens is 2. The Morgan fingerprint density at radius 3 is 2.92 bits per heavy atom. The van der Waals surface area contributed by atoms with Crippen molar-refractivity contribution >= 4 is 38.4 Å². The average molecular weight is 259 g/mol. The molecule has 1 heterocycles. The van der Waals surface area contributed by atoms with Gasteiger partial charge in [-0.2, -0.15) is 0 Å². The molecule has 0 saturated heterocycles. The van der Waals surface area contributed by atoms with E-state index in [0.29, 0.717) is 0 Å². The van der Waals surface area contributed by atoms with E-state index in [0.717, 1.165) is 21.3 Å². The Hall–Kier alpha value is -0.470. The van der Waals surface area contributed by atoms with Crippen LogP contribution in [0.1, 0.15) is 12.5 Å². The van der Waals surface area contributed by atoms with Gasteiger partial charge in [0.05, 0.1) is 0 Å². The Morgan fingerprint density at radius 1 is 1.46 bits per heavy atom. The maximum atomic E-state index is 6.00. The van der Waals surface area contributed by atoms with E-state index in [1.54, 1.807) is 0 Å². The van der Waals surface area contributed by atoms with Crippen LogP contribution in [-0.2, 0) is 6.42 Å². The first kappa shape index (κ1) is 9.10. The molecule has 0 aliphatic heterocycles. The van der Waals surface area contributed by atoms with Crippen molar-refractivity contribution in [1.82, 2.24) is 4.98 Å². The van der Waals surface area contributed by atoms with E-state index in [1.807, 2.05) is 18.3 Å². The van der Waals surface area contributed by atoms with Crippen molar-refractivity contribution in [2.24, 2.45) is 0 Å². The van der Waals surface area contributed by atoms with Gasteiger partial charge in [0, 0.05) is 26.6 Å². The lowest BCUT2D eigenvalue weighted by Crippen LogP contribution is -1.82. The highest BCUT2D eigenvalue weighted by atomic mass is 79.9. The monoisotopic (exact) mass is 257 g/mol. The quantitative estimate of drug-likeness (QED) is 0.791. The second-order valence-corrected chi connectivity index (χ2v) is 4.27. The van der Waals surface area contributed by atoms with Crippen molar-refractivity contribution in [3.63, 3.8) is 0 Å². The van der Waals surface area contributed by atoms with Crippen molar-refractivity contribution in [2.45, 2.75) is 13.3 Å². The summed E-state index contributed by atoms with van der Waals surface area (Å²) in [5.74, 6) is 0. The lowest BCUT2D eigenvalue weighted by atomic mass is 10.1. The molecular weight excluding hydrogens is 249 g/mol. The van der Waals surface area contributed by atoms with Crippen LogP contribution in [0.15, 0.2) is 22.8 Å². The number of rotatable bonds is 1. The molecule has 0 aliphatic rings. The summed E-state index contributed by atoms with van der Waals surface area (Å²) in [5.41, 5.74) is 2.44. The number of hydrogen-bond acceptors (Lipinski definition) is 0. The molecule has 1 nitrogen and oxygen atoms in total. The zero-order chi connectivity index (χ0) is 9.42. The fourth-order valence-corrected chi connectivity index (χ4v) is 2.18. The van der Waals surface area contributed by atoms with Gasteiger partial charge >= 0.3 is 0 Å². The fourth-order valence-electron chi connectivity index (χ4n) is 1.51. The minimum Gasteiger partial charge on any atom is -0.360 e. The molecule has 0 saturated carbocycles. The first-order chi connectivity index (χ1) is 6.22. The van der Waals surface area contributed by atoms with Crippen LogP contribution in [0.3, 0.4) is 0 Å². The summed E-state index contributed by atoms with van der Waals surface area (Å²) < 4.78 is 1.07. The highest BCUT2D eigenvalue weighted by Gasteiger charge is 2.05. The van der Waals surface area contributed by atoms with Crippen LogP contribution < -0.4 is 0 Å². The van der Waals surface area contributed by atoms with Gasteiger partial charge in [-0.15, -0.1) is 0 Å². The highest BCUT2D eigenvalue weighted by Crippen LogP contribution is 2.29. The number of hydrogen-bond donors (Lipinski definition) is 1. The smallest absolute Gasteiger partial charge is 0.0499 e. The van der Waals surface area contributed by atoms with Crippen LogP contribution in [-0.4, -0.2) is 4.98 Å². The zero-order valence-corrected chi connectivity index (χ0v) is 9.54. The van der Waals surface area contributed by atoms with E-state index >= 15 is 0 Å². The summed E-state index contributed by atoms with van der Waals surface area (Å²) in [7, 11) is 0. The summed E-state index contributed by atoms with van der Waals surface area (Å²) in [6.07, 6.45) is 2.93. The number of nitrogens with one attached hydrogen (secondary N) is 1. The molecule has 1 aromatic heterocycles. The van der Waals surface area contributed by atoms with Gasteiger partial charge in [-0.05, 0) is 40.0 Å². The Kier molecular flexibility index (Phi) is 2.35. The largest absolute Gasteiger partial charge is 0.360 e. The molecule has 0 atom stereocenters. The van der Waals surface area contributed by atoms with Gasteiger partial charge in [-0.3, -0.25) is 0 Å². The summed E-state index contributed by atoms with van der Waals surface area (Å²) in [4.78, 5) is 3.23. The molecule has 0 bridgehead atoms. The van der Waals surface area contributed by atoms with E-state index in [1.165, 1.54) is 11.1 Å². The molecular formula is C10H9BrClN. The van der Waals surface area contributed by atoms with Crippen molar-refractivity contribution in [2.75, 3.05) is 0 Å². The van der Waals surface area contributed by atoms with Crippen molar-refractivity contribution < 1.29 is 0 Å². The standard InChI is InChI=1S/C10H9BrClN/c1-2-6-3-7(12)4-8-9(11)5-13-10(6)8/h3-5,13H,2H2,1H3. The Balaban J connectivity index is 2.84. The van der Waals surface area contributed by atoms with E-state index in [9.17, 15) is 0 Å². The molecule has 68 valence electrons. The first-order valence-electron chi connectivity index (χ1n) is 4.17. The average Bonchev–Trinajstić information content (AvgIpc) is 2.47. The maximum Gasteiger partial charge on any atom is 0.0499 e. The second-order valence-electron chi connectivity index (χ2n) is 2.98. The van der Waals surface area contributed by atoms with Gasteiger partial charge in [-0.1, -0.05) is 18.5 Å². The number of aryl methyl sites for hydroxylation is 1. The minimum absolute atomic E-state index is 0.796. The number of aromatic amines is 1. The van der Waals surface area contributed by atoms with Crippen LogP contribution in [0.4, 0.5) is 0 Å². The van der Waals surface area contributed by atoms with Crippen LogP contribution in [0.5, 0.6) is 0 Å². The number of aromatic nitrogens is 1. The molecule has 0 unspecified atom stereocenters. The zero-order valence-electron chi connectivity index (χ0n) is 7.20. The van der Waals surface area contributed by atoms with Crippen LogP contribution >= 0.6 is 27.5 Å². The van der Waals surface area contributed by atoms with Gasteiger partial charge in [0.25, 0.3) is 0 Å². The Labute approximate surface area is 90.2 Å². The SMILES string of the molecule is CCc1cc(Cl)cc2c(Br)c[nH]c12. The maximum absolute atomic E-state index is 6.00. The van der Waals surface area contributed by atoms with Crippen molar-refractivity contribution in [3.8, 4) is 0 Å². The number of benzene rings is 1. The summed E-state index contributed by atoms with van der Waals surface area (Å²) >= 11 is 9.47. The third-order valence-corrected chi connectivity index (χ3v) is 3.04. The molecule has 0 amide bonds. The fraction of sp³-hybridized carbons (Fsp3) is 0.200. The van der Waals surface area contributed by atoms with Crippen LogP contribution in [0.2, 0.25) is 5.02 Å². The van der Waals surface area contributed by atoms with Crippen LogP contribution in [0.25, 0.3) is 10.9 Å². The molecule has 1 aromatic carbocycles. The van der Waals surface area contributed by atoms with Gasteiger partial charge in [0.2, 0.25) is 0 Å². The van der Waals surface area contributed by atoms with E-state index in [4.69, 9.17) is 11.6 Å². The third kappa shape index (κ3) is 1.49. The first-order valence-corrected chi connectivity index (χ1v) is 5.34. The summed E-state index contributed by atoms with van der Waals surface area (Å²) in [6.45, 7) is 2.12. The Bertz CT molecular complexity index is 447. The van der Waals surface area contributed by atoms with Gasteiger partial charge < -0.3 is 4.98 Å². The molecule has 0 radical (unpaired) electrons. The van der Waals surface area contributed by atoms with Crippen molar-refractivity contribution in [3.05, 3.63) is 33.4 Å². The van der Waals surface area contributed by atoms with Gasteiger partial charge in [-0.25, -0.2) is 0 Å². The lowest BCUT2D eigenvalue weighted by molar-refractivity contribution is 1.15. The molecule has 0 aliphatic carbocycles. The summed E-state index contributed by atoms with van der Waals surface area (Å²) in [6, 6.07) is 3.98. The van der Waals surface area contributed by atoms with E-state index < -0.39 is 0 Å². The predicted molar refractivity (Wildman–Crippen MR) is 60.4 cm³/mol. The van der Waals surface area contributed by atoms with Crippen LogP contribution in [0, 0.1) is 0 Å². The molecule has 0 spiro atoms. The second kappa shape index (κ2) is 3.35. The predicted octanol–water partition coefficient (Wildman–Crippen LogP) is 4.15. The highest BCUT2D eigenvalue weighted by molar-refractivity contribution is 9.10. The molecule has 1 N–H and O–H groups in total. The van der Waals surface area contributed by atoms with Gasteiger partial charge in [0.15, 0.2) is 0 Å². The van der Waals surface area contributed by atoms with Crippen molar-refractivity contribution in [1.29, 1.82) is 0 Å². The molecule has 3 heteroatoms. The topological polar surface area (TPSA) is 15.8 Å². The number of H-pyrrole nitrogens is 1. The molecule has 2 aromatic rings. The molecule has 2 rings (SSSR count). The normalized spacial score (nSPS) is 11.0. The van der Waals surface area contributed by atoms with Gasteiger partial charge in [0.1, 0.15) is 0 Å². The molecule has 13 heavy (non-hydrogen) atoms. The van der Waals surface area contributed by atoms with E-state index in [2.05, 4.69) is 27.8 Å². The third-order valence-electron chi connectivity index (χ3n) is 2.17. The summed E-state index contributed by atoms with van der Waals surface area (Å²) in [5, 5.41) is 1.95. The van der Waals surface area contributed by atoms with E-state index in [-0.39, 0.29) is 0 Å². The minimum atomic E-state index is 0.796. The lowest BCUT2D eigenvalue weighted by Gasteiger charge is -2.00. The Morgan fingerprint density at radius 2 is 2.23 bits per heavy atom. The molecule has 0 fully saturated rings. The number of fused-ring (bicyclic) bond motifs is 1.